The summed E-state index contributed by atoms with van der Waals surface area (Å²) in [4.78, 5) is 25.3. The van der Waals surface area contributed by atoms with Gasteiger partial charge in [-0.2, -0.15) is 5.10 Å². The molecule has 0 atom stereocenters. The van der Waals surface area contributed by atoms with Gasteiger partial charge in [-0.15, -0.1) is 0 Å². The summed E-state index contributed by atoms with van der Waals surface area (Å²) in [7, 11) is 0. The summed E-state index contributed by atoms with van der Waals surface area (Å²) >= 11 is 6.25. The van der Waals surface area contributed by atoms with Crippen LogP contribution in [-0.2, 0) is 0 Å². The molecule has 1 aliphatic carbocycles. The van der Waals surface area contributed by atoms with Crippen LogP contribution in [0.15, 0.2) is 60.9 Å². The molecule has 1 aliphatic rings. The maximum absolute atomic E-state index is 12.7. The van der Waals surface area contributed by atoms with Crippen molar-refractivity contribution in [1.82, 2.24) is 15.1 Å². The number of carbonyl (C=O) groups is 2. The number of rotatable bonds is 5. The third-order valence-electron chi connectivity index (χ3n) is 5.27. The van der Waals surface area contributed by atoms with Crippen LogP contribution in [-0.4, -0.2) is 27.6 Å². The number of aromatic nitrogens is 2. The summed E-state index contributed by atoms with van der Waals surface area (Å²) in [5, 5.41) is 10.5. The molecule has 1 fully saturated rings. The van der Waals surface area contributed by atoms with Crippen molar-refractivity contribution >= 4 is 29.1 Å². The van der Waals surface area contributed by atoms with Crippen LogP contribution in [0.25, 0.3) is 5.69 Å². The van der Waals surface area contributed by atoms with Gasteiger partial charge in [0, 0.05) is 17.9 Å². The lowest BCUT2D eigenvalue weighted by molar-refractivity contribution is 0.0926. The Hall–Kier alpha value is -3.12. The second-order valence-electron chi connectivity index (χ2n) is 7.47. The predicted molar refractivity (Wildman–Crippen MR) is 117 cm³/mol. The van der Waals surface area contributed by atoms with E-state index in [1.54, 1.807) is 29.1 Å². The number of nitrogens with zero attached hydrogens (tertiary/aromatic N) is 2. The molecule has 0 radical (unpaired) electrons. The van der Waals surface area contributed by atoms with Crippen LogP contribution in [0.1, 0.15) is 52.8 Å². The van der Waals surface area contributed by atoms with Crippen molar-refractivity contribution in [3.63, 3.8) is 0 Å². The smallest absolute Gasteiger partial charge is 0.258 e. The van der Waals surface area contributed by atoms with Crippen LogP contribution in [0.3, 0.4) is 0 Å². The second kappa shape index (κ2) is 9.13. The van der Waals surface area contributed by atoms with Gasteiger partial charge in [-0.05, 0) is 43.2 Å². The first-order valence-electron chi connectivity index (χ1n) is 10.1. The number of hydrogen-bond donors (Lipinski definition) is 2. The number of hydrogen-bond acceptors (Lipinski definition) is 3. The predicted octanol–water partition coefficient (Wildman–Crippen LogP) is 4.84. The SMILES string of the molecule is O=C(Nc1ccc(Cl)c(C(=O)NC2CCCCC2)c1)c1cnn(-c2ccccc2)c1. The van der Waals surface area contributed by atoms with Gasteiger partial charge in [0.1, 0.15) is 0 Å². The Morgan fingerprint density at radius 2 is 1.77 bits per heavy atom. The highest BCUT2D eigenvalue weighted by molar-refractivity contribution is 6.34. The molecule has 2 amide bonds. The van der Waals surface area contributed by atoms with Gasteiger partial charge in [-0.1, -0.05) is 49.1 Å². The van der Waals surface area contributed by atoms with Crippen molar-refractivity contribution in [2.45, 2.75) is 38.1 Å². The number of benzene rings is 2. The van der Waals surface area contributed by atoms with Gasteiger partial charge in [-0.3, -0.25) is 9.59 Å². The lowest BCUT2D eigenvalue weighted by atomic mass is 9.95. The minimum atomic E-state index is -0.307. The minimum absolute atomic E-state index is 0.185. The molecule has 4 rings (SSSR count). The number of carbonyl (C=O) groups excluding carboxylic acids is 2. The summed E-state index contributed by atoms with van der Waals surface area (Å²) in [6, 6.07) is 14.7. The molecule has 3 aromatic rings. The van der Waals surface area contributed by atoms with Crippen molar-refractivity contribution in [2.24, 2.45) is 0 Å². The van der Waals surface area contributed by atoms with Gasteiger partial charge < -0.3 is 10.6 Å². The molecule has 0 bridgehead atoms. The second-order valence-corrected chi connectivity index (χ2v) is 7.87. The van der Waals surface area contributed by atoms with Crippen LogP contribution in [0.5, 0.6) is 0 Å². The minimum Gasteiger partial charge on any atom is -0.349 e. The highest BCUT2D eigenvalue weighted by atomic mass is 35.5. The zero-order chi connectivity index (χ0) is 20.9. The van der Waals surface area contributed by atoms with E-state index in [9.17, 15) is 9.59 Å². The normalized spacial score (nSPS) is 14.3. The fourth-order valence-corrected chi connectivity index (χ4v) is 3.86. The fourth-order valence-electron chi connectivity index (χ4n) is 3.65. The lowest BCUT2D eigenvalue weighted by Gasteiger charge is -2.23. The van der Waals surface area contributed by atoms with Crippen molar-refractivity contribution in [2.75, 3.05) is 5.32 Å². The third kappa shape index (κ3) is 4.71. The Morgan fingerprint density at radius 1 is 1.00 bits per heavy atom. The Morgan fingerprint density at radius 3 is 2.53 bits per heavy atom. The van der Waals surface area contributed by atoms with E-state index < -0.39 is 0 Å². The fraction of sp³-hybridized carbons (Fsp3) is 0.261. The van der Waals surface area contributed by atoms with E-state index in [1.165, 1.54) is 12.6 Å². The summed E-state index contributed by atoms with van der Waals surface area (Å²) < 4.78 is 1.64. The van der Waals surface area contributed by atoms with Gasteiger partial charge in [0.05, 0.1) is 28.0 Å². The molecule has 2 N–H and O–H groups in total. The van der Waals surface area contributed by atoms with Crippen molar-refractivity contribution < 1.29 is 9.59 Å². The first-order chi connectivity index (χ1) is 14.6. The molecule has 1 aromatic heterocycles. The Kier molecular flexibility index (Phi) is 6.14. The number of amides is 2. The van der Waals surface area contributed by atoms with E-state index in [2.05, 4.69) is 15.7 Å². The Bertz CT molecular complexity index is 1040. The molecule has 6 nitrogen and oxygen atoms in total. The maximum Gasteiger partial charge on any atom is 0.258 e. The molecule has 0 aliphatic heterocycles. The summed E-state index contributed by atoms with van der Waals surface area (Å²) in [6.45, 7) is 0. The third-order valence-corrected chi connectivity index (χ3v) is 5.60. The van der Waals surface area contributed by atoms with E-state index in [-0.39, 0.29) is 17.9 Å². The molecule has 30 heavy (non-hydrogen) atoms. The van der Waals surface area contributed by atoms with E-state index in [0.717, 1.165) is 31.4 Å². The first-order valence-corrected chi connectivity index (χ1v) is 10.5. The number of para-hydroxylation sites is 1. The first kappa shape index (κ1) is 20.2. The van der Waals surface area contributed by atoms with E-state index in [4.69, 9.17) is 11.6 Å². The van der Waals surface area contributed by atoms with Crippen LogP contribution >= 0.6 is 11.6 Å². The van der Waals surface area contributed by atoms with E-state index in [1.807, 2.05) is 30.3 Å². The summed E-state index contributed by atoms with van der Waals surface area (Å²) in [5.41, 5.74) is 2.15. The number of halogens is 1. The summed E-state index contributed by atoms with van der Waals surface area (Å²) in [5.74, 6) is -0.516. The van der Waals surface area contributed by atoms with Crippen LogP contribution in [0, 0.1) is 0 Å². The zero-order valence-corrected chi connectivity index (χ0v) is 17.2. The monoisotopic (exact) mass is 422 g/mol. The van der Waals surface area contributed by atoms with Crippen LogP contribution < -0.4 is 10.6 Å². The largest absolute Gasteiger partial charge is 0.349 e. The van der Waals surface area contributed by atoms with Gasteiger partial charge in [0.2, 0.25) is 0 Å². The van der Waals surface area contributed by atoms with Gasteiger partial charge in [0.25, 0.3) is 11.8 Å². The van der Waals surface area contributed by atoms with Crippen LogP contribution in [0.4, 0.5) is 5.69 Å². The average Bonchev–Trinajstić information content (AvgIpc) is 3.27. The lowest BCUT2D eigenvalue weighted by Crippen LogP contribution is -2.36. The topological polar surface area (TPSA) is 76.0 Å². The molecule has 2 aromatic carbocycles. The molecular formula is C23H23ClN4O2. The molecule has 7 heteroatoms. The number of anilines is 1. The number of nitrogens with one attached hydrogen (secondary N) is 2. The van der Waals surface area contributed by atoms with Gasteiger partial charge in [0.15, 0.2) is 0 Å². The molecular weight excluding hydrogens is 400 g/mol. The van der Waals surface area contributed by atoms with E-state index in [0.29, 0.717) is 21.8 Å². The van der Waals surface area contributed by atoms with Crippen LogP contribution in [0.2, 0.25) is 5.02 Å². The van der Waals surface area contributed by atoms with Crippen molar-refractivity contribution in [3.05, 3.63) is 77.1 Å². The molecule has 1 heterocycles. The molecule has 154 valence electrons. The van der Waals surface area contributed by atoms with Crippen molar-refractivity contribution in [1.29, 1.82) is 0 Å². The molecule has 0 spiro atoms. The highest BCUT2D eigenvalue weighted by Crippen LogP contribution is 2.23. The molecule has 0 unspecified atom stereocenters. The van der Waals surface area contributed by atoms with Gasteiger partial charge >= 0.3 is 0 Å². The molecule has 1 saturated carbocycles. The molecule has 0 saturated heterocycles. The maximum atomic E-state index is 12.7. The summed E-state index contributed by atoms with van der Waals surface area (Å²) in [6.07, 6.45) is 8.63. The quantitative estimate of drug-likeness (QED) is 0.617. The van der Waals surface area contributed by atoms with E-state index >= 15 is 0 Å². The highest BCUT2D eigenvalue weighted by Gasteiger charge is 2.19. The Balaban J connectivity index is 1.45. The zero-order valence-electron chi connectivity index (χ0n) is 16.5. The standard InChI is InChI=1S/C23H23ClN4O2/c24-21-12-11-18(13-20(21)23(30)26-17-7-3-1-4-8-17)27-22(29)16-14-25-28(15-16)19-9-5-2-6-10-19/h2,5-6,9-15,17H,1,3-4,7-8H2,(H,26,30)(H,27,29). The van der Waals surface area contributed by atoms with Crippen molar-refractivity contribution in [3.8, 4) is 5.69 Å². The Labute approximate surface area is 180 Å². The van der Waals surface area contributed by atoms with Gasteiger partial charge in [-0.25, -0.2) is 4.68 Å². The average molecular weight is 423 g/mol.